The molecule has 6 heteroatoms. The summed E-state index contributed by atoms with van der Waals surface area (Å²) in [5.41, 5.74) is 2.24. The first kappa shape index (κ1) is 15.8. The van der Waals surface area contributed by atoms with Gasteiger partial charge in [0.15, 0.2) is 5.11 Å². The minimum Gasteiger partial charge on any atom is -0.332 e. The Morgan fingerprint density at radius 2 is 1.83 bits per heavy atom. The number of rotatable bonds is 2. The van der Waals surface area contributed by atoms with Crippen molar-refractivity contribution >= 4 is 62.4 Å². The van der Waals surface area contributed by atoms with Crippen LogP contribution in [0.15, 0.2) is 60.8 Å². The van der Waals surface area contributed by atoms with E-state index in [1.807, 2.05) is 42.5 Å². The van der Waals surface area contributed by atoms with E-state index in [4.69, 9.17) is 12.2 Å². The van der Waals surface area contributed by atoms with Crippen molar-refractivity contribution in [2.75, 3.05) is 5.32 Å². The van der Waals surface area contributed by atoms with E-state index in [1.165, 1.54) is 0 Å². The summed E-state index contributed by atoms with van der Waals surface area (Å²) >= 11 is 7.43. The molecule has 3 aromatic rings. The average Bonchev–Trinajstić information content (AvgIpc) is 2.55. The molecule has 114 valence electrons. The van der Waals surface area contributed by atoms with E-state index in [-0.39, 0.29) is 11.0 Å². The molecule has 4 nitrogen and oxygen atoms in total. The van der Waals surface area contributed by atoms with Crippen LogP contribution in [0, 0.1) is 3.57 Å². The summed E-state index contributed by atoms with van der Waals surface area (Å²) in [6, 6.07) is 16.8. The van der Waals surface area contributed by atoms with Crippen LogP contribution in [0.5, 0.6) is 0 Å². The lowest BCUT2D eigenvalue weighted by Crippen LogP contribution is -2.34. The highest BCUT2D eigenvalue weighted by Gasteiger charge is 2.09. The van der Waals surface area contributed by atoms with Crippen LogP contribution < -0.4 is 10.6 Å². The lowest BCUT2D eigenvalue weighted by molar-refractivity contribution is 0.0977. The van der Waals surface area contributed by atoms with Crippen LogP contribution in [0.3, 0.4) is 0 Å². The topological polar surface area (TPSA) is 54.0 Å². The van der Waals surface area contributed by atoms with Crippen LogP contribution in [0.2, 0.25) is 0 Å². The first-order valence-corrected chi connectivity index (χ1v) is 8.34. The van der Waals surface area contributed by atoms with Gasteiger partial charge in [-0.05, 0) is 83.3 Å². The van der Waals surface area contributed by atoms with E-state index in [0.29, 0.717) is 5.56 Å². The number of halogens is 1. The van der Waals surface area contributed by atoms with Crippen LogP contribution in [-0.2, 0) is 0 Å². The molecule has 1 aromatic heterocycles. The Balaban J connectivity index is 1.74. The molecule has 0 spiro atoms. The van der Waals surface area contributed by atoms with Crippen LogP contribution >= 0.6 is 34.8 Å². The van der Waals surface area contributed by atoms with Crippen molar-refractivity contribution in [2.24, 2.45) is 0 Å². The standard InChI is InChI=1S/C17H12IN3OS/c18-12-8-6-11(7-9-12)16(22)21-17(23)20-15-5-1-4-14-13(15)3-2-10-19-14/h1-10H,(H2,20,21,22,23). The molecule has 2 N–H and O–H groups in total. The summed E-state index contributed by atoms with van der Waals surface area (Å²) in [5, 5.41) is 6.94. The van der Waals surface area contributed by atoms with Crippen molar-refractivity contribution in [3.8, 4) is 0 Å². The number of aromatic nitrogens is 1. The molecule has 1 heterocycles. The number of anilines is 1. The Bertz CT molecular complexity index is 875. The minimum atomic E-state index is -0.239. The number of pyridine rings is 1. The smallest absolute Gasteiger partial charge is 0.257 e. The number of carbonyl (C=O) groups is 1. The third-order valence-electron chi connectivity index (χ3n) is 3.23. The number of hydrogen-bond acceptors (Lipinski definition) is 3. The van der Waals surface area contributed by atoms with E-state index in [9.17, 15) is 4.79 Å². The highest BCUT2D eigenvalue weighted by atomic mass is 127. The van der Waals surface area contributed by atoms with Crippen LogP contribution in [-0.4, -0.2) is 16.0 Å². The maximum atomic E-state index is 12.2. The normalized spacial score (nSPS) is 10.3. The number of fused-ring (bicyclic) bond motifs is 1. The van der Waals surface area contributed by atoms with Gasteiger partial charge in [-0.3, -0.25) is 15.1 Å². The van der Waals surface area contributed by atoms with Gasteiger partial charge in [0.05, 0.1) is 5.52 Å². The molecule has 1 amide bonds. The molecule has 0 saturated carbocycles. The second-order valence-electron chi connectivity index (χ2n) is 4.79. The molecule has 3 rings (SSSR count). The Hall–Kier alpha value is -2.06. The second-order valence-corrected chi connectivity index (χ2v) is 6.44. The quantitative estimate of drug-likeness (QED) is 0.475. The van der Waals surface area contributed by atoms with Gasteiger partial charge in [-0.15, -0.1) is 0 Å². The molecule has 0 fully saturated rings. The molecule has 0 bridgehead atoms. The molecule has 0 aliphatic carbocycles. The second kappa shape index (κ2) is 7.01. The summed E-state index contributed by atoms with van der Waals surface area (Å²) in [6.45, 7) is 0. The number of carbonyl (C=O) groups excluding carboxylic acids is 1. The predicted molar refractivity (Wildman–Crippen MR) is 105 cm³/mol. The largest absolute Gasteiger partial charge is 0.332 e. The van der Waals surface area contributed by atoms with Gasteiger partial charge in [0, 0.05) is 26.4 Å². The third kappa shape index (κ3) is 3.83. The van der Waals surface area contributed by atoms with Gasteiger partial charge in [0.1, 0.15) is 0 Å². The summed E-state index contributed by atoms with van der Waals surface area (Å²) in [5.74, 6) is -0.239. The molecule has 0 atom stereocenters. The maximum absolute atomic E-state index is 12.2. The highest BCUT2D eigenvalue weighted by molar-refractivity contribution is 14.1. The van der Waals surface area contributed by atoms with Gasteiger partial charge in [0.25, 0.3) is 5.91 Å². The SMILES string of the molecule is O=C(NC(=S)Nc1cccc2ncccc12)c1ccc(I)cc1. The van der Waals surface area contributed by atoms with Crippen LogP contribution in [0.1, 0.15) is 10.4 Å². The molecular formula is C17H12IN3OS. The van der Waals surface area contributed by atoms with Crippen molar-refractivity contribution in [3.05, 3.63) is 69.9 Å². The Morgan fingerprint density at radius 3 is 2.61 bits per heavy atom. The van der Waals surface area contributed by atoms with E-state index in [1.54, 1.807) is 18.3 Å². The van der Waals surface area contributed by atoms with E-state index in [2.05, 4.69) is 38.2 Å². The van der Waals surface area contributed by atoms with Gasteiger partial charge < -0.3 is 5.32 Å². The van der Waals surface area contributed by atoms with Gasteiger partial charge in [-0.25, -0.2) is 0 Å². The van der Waals surface area contributed by atoms with Crippen molar-refractivity contribution in [3.63, 3.8) is 0 Å². The molecule has 2 aromatic carbocycles. The lowest BCUT2D eigenvalue weighted by Gasteiger charge is -2.11. The Kier molecular flexibility index (Phi) is 4.82. The highest BCUT2D eigenvalue weighted by Crippen LogP contribution is 2.21. The zero-order valence-electron chi connectivity index (χ0n) is 11.9. The molecule has 0 saturated heterocycles. The van der Waals surface area contributed by atoms with Crippen molar-refractivity contribution in [1.82, 2.24) is 10.3 Å². The summed E-state index contributed by atoms with van der Waals surface area (Å²) < 4.78 is 1.07. The molecule has 0 aliphatic rings. The van der Waals surface area contributed by atoms with E-state index < -0.39 is 0 Å². The Labute approximate surface area is 152 Å². The maximum Gasteiger partial charge on any atom is 0.257 e. The molecule has 0 radical (unpaired) electrons. The van der Waals surface area contributed by atoms with Crippen LogP contribution in [0.4, 0.5) is 5.69 Å². The van der Waals surface area contributed by atoms with Crippen molar-refractivity contribution in [1.29, 1.82) is 0 Å². The van der Waals surface area contributed by atoms with Gasteiger partial charge >= 0.3 is 0 Å². The van der Waals surface area contributed by atoms with Gasteiger partial charge in [0.2, 0.25) is 0 Å². The van der Waals surface area contributed by atoms with E-state index in [0.717, 1.165) is 20.2 Å². The minimum absolute atomic E-state index is 0.239. The molecular weight excluding hydrogens is 421 g/mol. The fourth-order valence-corrected chi connectivity index (χ4v) is 2.70. The van der Waals surface area contributed by atoms with E-state index >= 15 is 0 Å². The first-order valence-electron chi connectivity index (χ1n) is 6.85. The zero-order chi connectivity index (χ0) is 16.2. The first-order chi connectivity index (χ1) is 11.1. The monoisotopic (exact) mass is 433 g/mol. The molecule has 0 unspecified atom stereocenters. The summed E-state index contributed by atoms with van der Waals surface area (Å²) in [6.07, 6.45) is 1.74. The molecule has 0 aliphatic heterocycles. The number of benzene rings is 2. The lowest BCUT2D eigenvalue weighted by atomic mass is 10.2. The Morgan fingerprint density at radius 1 is 1.04 bits per heavy atom. The van der Waals surface area contributed by atoms with Crippen LogP contribution in [0.25, 0.3) is 10.9 Å². The number of hydrogen-bond donors (Lipinski definition) is 2. The zero-order valence-corrected chi connectivity index (χ0v) is 14.9. The van der Waals surface area contributed by atoms with Gasteiger partial charge in [-0.1, -0.05) is 6.07 Å². The fourth-order valence-electron chi connectivity index (χ4n) is 2.14. The number of thiocarbonyl (C=S) groups is 1. The van der Waals surface area contributed by atoms with Crippen molar-refractivity contribution in [2.45, 2.75) is 0 Å². The van der Waals surface area contributed by atoms with Gasteiger partial charge in [-0.2, -0.15) is 0 Å². The number of nitrogens with one attached hydrogen (secondary N) is 2. The fraction of sp³-hybridized carbons (Fsp3) is 0. The van der Waals surface area contributed by atoms with Crippen molar-refractivity contribution < 1.29 is 4.79 Å². The predicted octanol–water partition coefficient (Wildman–Crippen LogP) is 3.97. The number of nitrogens with zero attached hydrogens (tertiary/aromatic N) is 1. The third-order valence-corrected chi connectivity index (χ3v) is 4.15. The molecule has 23 heavy (non-hydrogen) atoms. The summed E-state index contributed by atoms with van der Waals surface area (Å²) in [4.78, 5) is 16.5. The number of amides is 1. The average molecular weight is 433 g/mol. The summed E-state index contributed by atoms with van der Waals surface area (Å²) in [7, 11) is 0.